The molecule has 0 radical (unpaired) electrons. The predicted molar refractivity (Wildman–Crippen MR) is 71.7 cm³/mol. The van der Waals surface area contributed by atoms with E-state index in [1.165, 1.54) is 0 Å². The van der Waals surface area contributed by atoms with Gasteiger partial charge in [-0.25, -0.2) is 4.98 Å². The van der Waals surface area contributed by atoms with Crippen LogP contribution in [0, 0.1) is 11.3 Å². The summed E-state index contributed by atoms with van der Waals surface area (Å²) >= 11 is 0. The summed E-state index contributed by atoms with van der Waals surface area (Å²) in [4.78, 5) is 16.2. The second kappa shape index (κ2) is 6.00. The molecule has 5 nitrogen and oxygen atoms in total. The van der Waals surface area contributed by atoms with Gasteiger partial charge in [-0.15, -0.1) is 0 Å². The van der Waals surface area contributed by atoms with Gasteiger partial charge < -0.3 is 15.6 Å². The standard InChI is InChI=1S/C13H24N4O/c1-13(2,3)7-10(8-14)12(18)16-9-11-15-5-6-17(11)4/h5-6,10H,7-9,14H2,1-4H3,(H,16,18). The molecule has 0 aromatic carbocycles. The number of aryl methyl sites for hydroxylation is 1. The van der Waals surface area contributed by atoms with Gasteiger partial charge in [-0.3, -0.25) is 4.79 Å². The molecule has 0 bridgehead atoms. The third-order valence-corrected chi connectivity index (χ3v) is 2.86. The first kappa shape index (κ1) is 14.7. The third kappa shape index (κ3) is 4.49. The molecule has 1 atom stereocenters. The van der Waals surface area contributed by atoms with Gasteiger partial charge >= 0.3 is 0 Å². The first-order valence-electron chi connectivity index (χ1n) is 6.27. The van der Waals surface area contributed by atoms with Crippen molar-refractivity contribution in [3.8, 4) is 0 Å². The van der Waals surface area contributed by atoms with Crippen molar-refractivity contribution in [2.24, 2.45) is 24.1 Å². The maximum Gasteiger partial charge on any atom is 0.224 e. The number of nitrogens with zero attached hydrogens (tertiary/aromatic N) is 2. The van der Waals surface area contributed by atoms with E-state index in [2.05, 4.69) is 31.1 Å². The number of amides is 1. The molecule has 0 aliphatic rings. The van der Waals surface area contributed by atoms with Crippen LogP contribution in [0.5, 0.6) is 0 Å². The number of hydrogen-bond donors (Lipinski definition) is 2. The Bertz CT molecular complexity index is 392. The Morgan fingerprint density at radius 1 is 1.56 bits per heavy atom. The average molecular weight is 252 g/mol. The van der Waals surface area contributed by atoms with E-state index in [0.29, 0.717) is 13.1 Å². The molecular formula is C13H24N4O. The summed E-state index contributed by atoms with van der Waals surface area (Å²) in [7, 11) is 1.91. The summed E-state index contributed by atoms with van der Waals surface area (Å²) in [5, 5.41) is 2.90. The van der Waals surface area contributed by atoms with Crippen molar-refractivity contribution in [3.63, 3.8) is 0 Å². The smallest absolute Gasteiger partial charge is 0.224 e. The summed E-state index contributed by atoms with van der Waals surface area (Å²) < 4.78 is 1.89. The van der Waals surface area contributed by atoms with Crippen LogP contribution in [0.4, 0.5) is 0 Å². The van der Waals surface area contributed by atoms with Gasteiger partial charge in [-0.1, -0.05) is 20.8 Å². The highest BCUT2D eigenvalue weighted by molar-refractivity contribution is 5.78. The van der Waals surface area contributed by atoms with Gasteiger partial charge in [0.25, 0.3) is 0 Å². The highest BCUT2D eigenvalue weighted by Crippen LogP contribution is 2.23. The van der Waals surface area contributed by atoms with Crippen LogP contribution in [0.15, 0.2) is 12.4 Å². The Morgan fingerprint density at radius 2 is 2.22 bits per heavy atom. The lowest BCUT2D eigenvalue weighted by Crippen LogP contribution is -2.37. The molecule has 1 rings (SSSR count). The largest absolute Gasteiger partial charge is 0.349 e. The number of nitrogens with two attached hydrogens (primary N) is 1. The van der Waals surface area contributed by atoms with Crippen LogP contribution in [0.1, 0.15) is 33.0 Å². The number of rotatable bonds is 5. The molecule has 5 heteroatoms. The van der Waals surface area contributed by atoms with Gasteiger partial charge in [-0.05, 0) is 11.8 Å². The Morgan fingerprint density at radius 3 is 2.67 bits per heavy atom. The minimum Gasteiger partial charge on any atom is -0.349 e. The number of imidazole rings is 1. The van der Waals surface area contributed by atoms with Crippen molar-refractivity contribution in [1.82, 2.24) is 14.9 Å². The van der Waals surface area contributed by atoms with E-state index in [1.807, 2.05) is 17.8 Å². The monoisotopic (exact) mass is 252 g/mol. The van der Waals surface area contributed by atoms with E-state index in [4.69, 9.17) is 5.73 Å². The first-order valence-corrected chi connectivity index (χ1v) is 6.27. The zero-order valence-corrected chi connectivity index (χ0v) is 11.7. The molecule has 1 amide bonds. The summed E-state index contributed by atoms with van der Waals surface area (Å²) in [6.45, 7) is 7.16. The second-order valence-corrected chi connectivity index (χ2v) is 5.87. The molecule has 0 fully saturated rings. The van der Waals surface area contributed by atoms with Crippen LogP contribution < -0.4 is 11.1 Å². The zero-order valence-electron chi connectivity index (χ0n) is 11.7. The molecule has 1 aromatic heterocycles. The minimum atomic E-state index is -0.134. The van der Waals surface area contributed by atoms with Gasteiger partial charge in [0.2, 0.25) is 5.91 Å². The Hall–Kier alpha value is -1.36. The number of carbonyl (C=O) groups is 1. The van der Waals surface area contributed by atoms with Gasteiger partial charge in [0.15, 0.2) is 0 Å². The molecule has 1 aromatic rings. The number of nitrogens with one attached hydrogen (secondary N) is 1. The fourth-order valence-electron chi connectivity index (χ4n) is 1.90. The molecule has 1 unspecified atom stereocenters. The topological polar surface area (TPSA) is 72.9 Å². The molecule has 102 valence electrons. The molecule has 0 saturated carbocycles. The molecule has 0 aliphatic carbocycles. The van der Waals surface area contributed by atoms with Gasteiger partial charge in [-0.2, -0.15) is 0 Å². The molecular weight excluding hydrogens is 228 g/mol. The van der Waals surface area contributed by atoms with Crippen molar-refractivity contribution in [1.29, 1.82) is 0 Å². The van der Waals surface area contributed by atoms with Crippen molar-refractivity contribution < 1.29 is 4.79 Å². The summed E-state index contributed by atoms with van der Waals surface area (Å²) in [6.07, 6.45) is 4.37. The lowest BCUT2D eigenvalue weighted by molar-refractivity contribution is -0.125. The maximum atomic E-state index is 12.0. The van der Waals surface area contributed by atoms with Crippen LogP contribution in [0.3, 0.4) is 0 Å². The van der Waals surface area contributed by atoms with Crippen LogP contribution in [-0.2, 0) is 18.4 Å². The van der Waals surface area contributed by atoms with E-state index in [9.17, 15) is 4.79 Å². The summed E-state index contributed by atoms with van der Waals surface area (Å²) in [5.74, 6) is 0.718. The van der Waals surface area contributed by atoms with E-state index in [1.54, 1.807) is 6.20 Å². The SMILES string of the molecule is Cn1ccnc1CNC(=O)C(CN)CC(C)(C)C. The third-order valence-electron chi connectivity index (χ3n) is 2.86. The van der Waals surface area contributed by atoms with E-state index in [-0.39, 0.29) is 17.2 Å². The number of carbonyl (C=O) groups excluding carboxylic acids is 1. The predicted octanol–water partition coefficient (Wildman–Crippen LogP) is 1.05. The van der Waals surface area contributed by atoms with Crippen molar-refractivity contribution in [2.75, 3.05) is 6.54 Å². The Labute approximate surface area is 109 Å². The van der Waals surface area contributed by atoms with Crippen molar-refractivity contribution in [2.45, 2.75) is 33.7 Å². The number of hydrogen-bond acceptors (Lipinski definition) is 3. The van der Waals surface area contributed by atoms with E-state index >= 15 is 0 Å². The zero-order chi connectivity index (χ0) is 13.8. The molecule has 0 aliphatic heterocycles. The van der Waals surface area contributed by atoms with Crippen LogP contribution in [0.25, 0.3) is 0 Å². The lowest BCUT2D eigenvalue weighted by Gasteiger charge is -2.24. The number of aromatic nitrogens is 2. The Balaban J connectivity index is 2.51. The lowest BCUT2D eigenvalue weighted by atomic mass is 9.84. The molecule has 1 heterocycles. The van der Waals surface area contributed by atoms with Gasteiger partial charge in [0, 0.05) is 26.0 Å². The highest BCUT2D eigenvalue weighted by atomic mass is 16.1. The van der Waals surface area contributed by atoms with Crippen molar-refractivity contribution in [3.05, 3.63) is 18.2 Å². The molecule has 18 heavy (non-hydrogen) atoms. The average Bonchev–Trinajstić information content (AvgIpc) is 2.67. The normalized spacial score (nSPS) is 13.4. The maximum absolute atomic E-state index is 12.0. The summed E-state index contributed by atoms with van der Waals surface area (Å²) in [5.41, 5.74) is 5.78. The first-order chi connectivity index (χ1) is 8.33. The van der Waals surface area contributed by atoms with E-state index in [0.717, 1.165) is 12.2 Å². The fourth-order valence-corrected chi connectivity index (χ4v) is 1.90. The van der Waals surface area contributed by atoms with Gasteiger partial charge in [0.05, 0.1) is 12.5 Å². The minimum absolute atomic E-state index is 0.00965. The quantitative estimate of drug-likeness (QED) is 0.822. The fraction of sp³-hybridized carbons (Fsp3) is 0.692. The van der Waals surface area contributed by atoms with Crippen molar-refractivity contribution >= 4 is 5.91 Å². The molecule has 3 N–H and O–H groups in total. The van der Waals surface area contributed by atoms with Gasteiger partial charge in [0.1, 0.15) is 5.82 Å². The molecule has 0 saturated heterocycles. The highest BCUT2D eigenvalue weighted by Gasteiger charge is 2.23. The van der Waals surface area contributed by atoms with Crippen LogP contribution >= 0.6 is 0 Å². The van der Waals surface area contributed by atoms with Crippen LogP contribution in [0.2, 0.25) is 0 Å². The molecule has 0 spiro atoms. The Kier molecular flexibility index (Phi) is 4.90. The van der Waals surface area contributed by atoms with E-state index < -0.39 is 0 Å². The summed E-state index contributed by atoms with van der Waals surface area (Å²) in [6, 6.07) is 0. The van der Waals surface area contributed by atoms with Crippen LogP contribution in [-0.4, -0.2) is 22.0 Å². The second-order valence-electron chi connectivity index (χ2n) is 5.87.